The van der Waals surface area contributed by atoms with Gasteiger partial charge in [0.15, 0.2) is 17.6 Å². The summed E-state index contributed by atoms with van der Waals surface area (Å²) in [5.74, 6) is -0.168. The number of pyridine rings is 1. The quantitative estimate of drug-likeness (QED) is 0.563. The fourth-order valence-corrected chi connectivity index (χ4v) is 3.18. The summed E-state index contributed by atoms with van der Waals surface area (Å²) in [5, 5.41) is 7.20. The van der Waals surface area contributed by atoms with E-state index in [9.17, 15) is 9.59 Å². The van der Waals surface area contributed by atoms with Gasteiger partial charge in [0.1, 0.15) is 5.75 Å². The van der Waals surface area contributed by atoms with Crippen LogP contribution in [0.3, 0.4) is 0 Å². The van der Waals surface area contributed by atoms with Crippen LogP contribution >= 0.6 is 11.6 Å². The minimum Gasteiger partial charge on any atom is -0.496 e. The maximum atomic E-state index is 12.6. The van der Waals surface area contributed by atoms with E-state index in [1.54, 1.807) is 30.0 Å². The van der Waals surface area contributed by atoms with Gasteiger partial charge in [0.2, 0.25) is 0 Å². The number of aryl methyl sites for hydroxylation is 2. The second-order valence-electron chi connectivity index (χ2n) is 6.92. The molecule has 0 radical (unpaired) electrons. The van der Waals surface area contributed by atoms with Crippen molar-refractivity contribution in [3.63, 3.8) is 0 Å². The molecule has 0 fully saturated rings. The Morgan fingerprint density at radius 2 is 1.94 bits per heavy atom. The highest BCUT2D eigenvalue weighted by atomic mass is 35.5. The van der Waals surface area contributed by atoms with E-state index in [0.29, 0.717) is 11.6 Å². The molecule has 31 heavy (non-hydrogen) atoms. The number of hydrogen-bond acceptors (Lipinski definition) is 6. The second-order valence-corrected chi connectivity index (χ2v) is 7.32. The lowest BCUT2D eigenvalue weighted by Gasteiger charge is -2.15. The summed E-state index contributed by atoms with van der Waals surface area (Å²) < 4.78 is 12.2. The Morgan fingerprint density at radius 1 is 1.19 bits per heavy atom. The molecule has 2 aromatic heterocycles. The SMILES string of the molecule is COc1ccccc1CNC(=O)C(C)OC(=O)c1nc(-n2nc(C)cc2C)ccc1Cl. The third-order valence-electron chi connectivity index (χ3n) is 4.55. The lowest BCUT2D eigenvalue weighted by Crippen LogP contribution is -2.35. The molecular formula is C22H23ClN4O4. The van der Waals surface area contributed by atoms with Crippen LogP contribution in [0.15, 0.2) is 42.5 Å². The van der Waals surface area contributed by atoms with Gasteiger partial charge in [-0.2, -0.15) is 5.10 Å². The van der Waals surface area contributed by atoms with Crippen molar-refractivity contribution in [3.8, 4) is 11.6 Å². The predicted molar refractivity (Wildman–Crippen MR) is 116 cm³/mol. The number of para-hydroxylation sites is 1. The predicted octanol–water partition coefficient (Wildman–Crippen LogP) is 3.41. The van der Waals surface area contributed by atoms with E-state index in [1.807, 2.05) is 38.1 Å². The van der Waals surface area contributed by atoms with E-state index < -0.39 is 18.0 Å². The van der Waals surface area contributed by atoms with Crippen LogP contribution in [-0.2, 0) is 16.1 Å². The van der Waals surface area contributed by atoms with Gasteiger partial charge in [-0.25, -0.2) is 14.5 Å². The number of ether oxygens (including phenoxy) is 2. The molecule has 2 heterocycles. The van der Waals surface area contributed by atoms with Crippen molar-refractivity contribution in [2.45, 2.75) is 33.4 Å². The van der Waals surface area contributed by atoms with Crippen molar-refractivity contribution in [1.29, 1.82) is 0 Å². The number of carbonyl (C=O) groups is 2. The Hall–Kier alpha value is -3.39. The van der Waals surface area contributed by atoms with Crippen molar-refractivity contribution >= 4 is 23.5 Å². The summed E-state index contributed by atoms with van der Waals surface area (Å²) >= 11 is 6.15. The number of halogens is 1. The van der Waals surface area contributed by atoms with Crippen molar-refractivity contribution in [1.82, 2.24) is 20.1 Å². The number of methoxy groups -OCH3 is 1. The second kappa shape index (κ2) is 9.61. The summed E-state index contributed by atoms with van der Waals surface area (Å²) in [7, 11) is 1.56. The standard InChI is InChI=1S/C22H23ClN4O4/c1-13-11-14(2)27(26-13)19-10-9-17(23)20(25-19)22(29)31-15(3)21(28)24-12-16-7-5-6-8-18(16)30-4/h5-11,15H,12H2,1-4H3,(H,24,28). The highest BCUT2D eigenvalue weighted by Crippen LogP contribution is 2.20. The molecule has 3 aromatic rings. The molecule has 0 aliphatic heterocycles. The molecule has 0 aliphatic rings. The number of esters is 1. The third kappa shape index (κ3) is 5.21. The normalized spacial score (nSPS) is 11.6. The maximum Gasteiger partial charge on any atom is 0.359 e. The van der Waals surface area contributed by atoms with Gasteiger partial charge in [-0.05, 0) is 45.0 Å². The van der Waals surface area contributed by atoms with Gasteiger partial charge in [-0.15, -0.1) is 0 Å². The van der Waals surface area contributed by atoms with Crippen LogP contribution in [0.5, 0.6) is 5.75 Å². The van der Waals surface area contributed by atoms with E-state index in [2.05, 4.69) is 15.4 Å². The lowest BCUT2D eigenvalue weighted by atomic mass is 10.2. The summed E-state index contributed by atoms with van der Waals surface area (Å²) in [6.45, 7) is 5.45. The Morgan fingerprint density at radius 3 is 2.61 bits per heavy atom. The molecule has 162 valence electrons. The molecule has 1 unspecified atom stereocenters. The van der Waals surface area contributed by atoms with Crippen molar-refractivity contribution in [2.75, 3.05) is 7.11 Å². The summed E-state index contributed by atoms with van der Waals surface area (Å²) in [6.07, 6.45) is -1.04. The first-order valence-corrected chi connectivity index (χ1v) is 9.98. The van der Waals surface area contributed by atoms with Crippen LogP contribution in [-0.4, -0.2) is 39.9 Å². The zero-order valence-electron chi connectivity index (χ0n) is 17.7. The number of benzene rings is 1. The molecule has 0 saturated heterocycles. The van der Waals surface area contributed by atoms with Gasteiger partial charge in [-0.1, -0.05) is 29.8 Å². The Balaban J connectivity index is 1.68. The van der Waals surface area contributed by atoms with Gasteiger partial charge in [0, 0.05) is 17.8 Å². The molecule has 1 amide bonds. The Labute approximate surface area is 185 Å². The lowest BCUT2D eigenvalue weighted by molar-refractivity contribution is -0.129. The van der Waals surface area contributed by atoms with Crippen LogP contribution in [0, 0.1) is 13.8 Å². The highest BCUT2D eigenvalue weighted by Gasteiger charge is 2.23. The van der Waals surface area contributed by atoms with Gasteiger partial charge >= 0.3 is 5.97 Å². The molecule has 1 atom stereocenters. The molecule has 1 N–H and O–H groups in total. The molecule has 0 aliphatic carbocycles. The monoisotopic (exact) mass is 442 g/mol. The minimum absolute atomic E-state index is 0.0869. The third-order valence-corrected chi connectivity index (χ3v) is 4.85. The number of nitrogens with one attached hydrogen (secondary N) is 1. The largest absolute Gasteiger partial charge is 0.496 e. The first kappa shape index (κ1) is 22.3. The van der Waals surface area contributed by atoms with Crippen LogP contribution in [0.2, 0.25) is 5.02 Å². The van der Waals surface area contributed by atoms with Crippen LogP contribution in [0.25, 0.3) is 5.82 Å². The number of hydrogen-bond donors (Lipinski definition) is 1. The average molecular weight is 443 g/mol. The molecule has 0 spiro atoms. The molecule has 9 heteroatoms. The summed E-state index contributed by atoms with van der Waals surface area (Å²) in [4.78, 5) is 29.3. The van der Waals surface area contributed by atoms with Gasteiger partial charge < -0.3 is 14.8 Å². The molecule has 0 saturated carbocycles. The fourth-order valence-electron chi connectivity index (χ4n) is 3.00. The zero-order valence-corrected chi connectivity index (χ0v) is 18.4. The first-order chi connectivity index (χ1) is 14.8. The van der Waals surface area contributed by atoms with Crippen LogP contribution in [0.4, 0.5) is 0 Å². The topological polar surface area (TPSA) is 95.3 Å². The Kier molecular flexibility index (Phi) is 6.91. The smallest absolute Gasteiger partial charge is 0.359 e. The number of nitrogens with zero attached hydrogens (tertiary/aromatic N) is 3. The first-order valence-electron chi connectivity index (χ1n) is 9.61. The van der Waals surface area contributed by atoms with E-state index in [4.69, 9.17) is 21.1 Å². The van der Waals surface area contributed by atoms with Gasteiger partial charge in [0.25, 0.3) is 5.91 Å². The summed E-state index contributed by atoms with van der Waals surface area (Å²) in [6, 6.07) is 12.4. The molecular weight excluding hydrogens is 420 g/mol. The minimum atomic E-state index is -1.04. The number of rotatable bonds is 7. The highest BCUT2D eigenvalue weighted by molar-refractivity contribution is 6.33. The van der Waals surface area contributed by atoms with Crippen LogP contribution < -0.4 is 10.1 Å². The van der Waals surface area contributed by atoms with Crippen molar-refractivity contribution in [3.05, 3.63) is 70.1 Å². The number of carbonyl (C=O) groups excluding carboxylic acids is 2. The van der Waals surface area contributed by atoms with Crippen molar-refractivity contribution < 1.29 is 19.1 Å². The molecule has 3 rings (SSSR count). The number of aromatic nitrogens is 3. The molecule has 8 nitrogen and oxygen atoms in total. The average Bonchev–Trinajstić information content (AvgIpc) is 3.10. The molecule has 1 aromatic carbocycles. The van der Waals surface area contributed by atoms with E-state index >= 15 is 0 Å². The Bertz CT molecular complexity index is 1110. The maximum absolute atomic E-state index is 12.6. The zero-order chi connectivity index (χ0) is 22.5. The van der Waals surface area contributed by atoms with Crippen molar-refractivity contribution in [2.24, 2.45) is 0 Å². The van der Waals surface area contributed by atoms with E-state index in [-0.39, 0.29) is 17.3 Å². The van der Waals surface area contributed by atoms with Gasteiger partial charge in [-0.3, -0.25) is 4.79 Å². The summed E-state index contributed by atoms with van der Waals surface area (Å²) in [5.41, 5.74) is 2.39. The number of amides is 1. The fraction of sp³-hybridized carbons (Fsp3) is 0.273. The van der Waals surface area contributed by atoms with Crippen LogP contribution in [0.1, 0.15) is 34.4 Å². The van der Waals surface area contributed by atoms with Gasteiger partial charge in [0.05, 0.1) is 17.8 Å². The van der Waals surface area contributed by atoms with E-state index in [0.717, 1.165) is 17.0 Å². The molecule has 0 bridgehead atoms. The van der Waals surface area contributed by atoms with E-state index in [1.165, 1.54) is 6.92 Å².